The maximum absolute atomic E-state index is 10.5. The first kappa shape index (κ1) is 12.8. The normalized spacial score (nSPS) is 12.6. The number of nitrogens with zero attached hydrogens (tertiary/aromatic N) is 1. The first-order valence-corrected chi connectivity index (χ1v) is 5.97. The van der Waals surface area contributed by atoms with Gasteiger partial charge in [0, 0.05) is 22.9 Å². The number of aliphatic carboxylic acids is 1. The van der Waals surface area contributed by atoms with Gasteiger partial charge < -0.3 is 10.8 Å². The number of nitrogens with two attached hydrogens (primary N) is 1. The van der Waals surface area contributed by atoms with E-state index in [9.17, 15) is 4.79 Å². The fraction of sp³-hybridized carbons (Fsp3) is 0.231. The average molecular weight is 265 g/mol. The fourth-order valence-corrected chi connectivity index (χ4v) is 1.91. The van der Waals surface area contributed by atoms with Crippen molar-refractivity contribution in [3.05, 3.63) is 41.0 Å². The van der Waals surface area contributed by atoms with E-state index in [0.717, 1.165) is 10.9 Å². The molecular weight excluding hydrogens is 252 g/mol. The molecule has 0 saturated heterocycles. The zero-order valence-electron chi connectivity index (χ0n) is 9.64. The van der Waals surface area contributed by atoms with Crippen molar-refractivity contribution < 1.29 is 9.90 Å². The molecule has 2 aromatic rings. The van der Waals surface area contributed by atoms with Crippen LogP contribution in [0.3, 0.4) is 0 Å². The van der Waals surface area contributed by atoms with Crippen molar-refractivity contribution in [2.45, 2.75) is 18.9 Å². The van der Waals surface area contributed by atoms with E-state index in [1.165, 1.54) is 0 Å². The number of pyridine rings is 1. The van der Waals surface area contributed by atoms with Crippen molar-refractivity contribution in [3.63, 3.8) is 0 Å². The third-order valence-electron chi connectivity index (χ3n) is 2.72. The monoisotopic (exact) mass is 264 g/mol. The summed E-state index contributed by atoms with van der Waals surface area (Å²) in [6.07, 6.45) is 0.408. The van der Waals surface area contributed by atoms with Crippen LogP contribution in [0.15, 0.2) is 30.3 Å². The molecule has 0 aliphatic carbocycles. The van der Waals surface area contributed by atoms with Crippen LogP contribution in [0.2, 0.25) is 5.02 Å². The molecule has 0 saturated carbocycles. The number of carboxylic acids is 1. The van der Waals surface area contributed by atoms with Gasteiger partial charge in [-0.2, -0.15) is 0 Å². The molecule has 0 aliphatic heterocycles. The SMILES string of the molecule is NC(CCC(=O)O)c1ccc2ccc(Cl)cc2n1. The molecule has 1 heterocycles. The summed E-state index contributed by atoms with van der Waals surface area (Å²) >= 11 is 5.90. The topological polar surface area (TPSA) is 76.2 Å². The Hall–Kier alpha value is -1.65. The smallest absolute Gasteiger partial charge is 0.303 e. The molecule has 2 rings (SSSR count). The molecule has 94 valence electrons. The van der Waals surface area contributed by atoms with Gasteiger partial charge in [-0.25, -0.2) is 0 Å². The lowest BCUT2D eigenvalue weighted by molar-refractivity contribution is -0.137. The Morgan fingerprint density at radius 3 is 2.83 bits per heavy atom. The molecule has 1 aromatic heterocycles. The number of aromatic nitrogens is 1. The van der Waals surface area contributed by atoms with Gasteiger partial charge in [-0.05, 0) is 24.6 Å². The van der Waals surface area contributed by atoms with E-state index in [1.807, 2.05) is 18.2 Å². The Morgan fingerprint density at radius 2 is 2.11 bits per heavy atom. The van der Waals surface area contributed by atoms with Gasteiger partial charge in [0.1, 0.15) is 0 Å². The van der Waals surface area contributed by atoms with Gasteiger partial charge in [-0.15, -0.1) is 0 Å². The summed E-state index contributed by atoms with van der Waals surface area (Å²) in [6.45, 7) is 0. The maximum atomic E-state index is 10.5. The molecule has 0 bridgehead atoms. The van der Waals surface area contributed by atoms with Gasteiger partial charge in [0.05, 0.1) is 11.2 Å². The summed E-state index contributed by atoms with van der Waals surface area (Å²) in [5.74, 6) is -0.853. The standard InChI is InChI=1S/C13H13ClN2O2/c14-9-3-1-8-2-5-11(16-12(8)7-9)10(15)4-6-13(17)18/h1-3,5,7,10H,4,6,15H2,(H,17,18). The second kappa shape index (κ2) is 5.33. The molecule has 3 N–H and O–H groups in total. The van der Waals surface area contributed by atoms with E-state index in [-0.39, 0.29) is 12.5 Å². The van der Waals surface area contributed by atoms with Crippen LogP contribution >= 0.6 is 11.6 Å². The molecule has 0 spiro atoms. The molecular formula is C13H13ClN2O2. The summed E-state index contributed by atoms with van der Waals surface area (Å²) in [7, 11) is 0. The van der Waals surface area contributed by atoms with Gasteiger partial charge in [0.25, 0.3) is 0 Å². The van der Waals surface area contributed by atoms with Crippen LogP contribution in [0.4, 0.5) is 0 Å². The minimum absolute atomic E-state index is 0.0381. The molecule has 5 heteroatoms. The number of carboxylic acid groups (broad SMARTS) is 1. The van der Waals surface area contributed by atoms with Crippen molar-refractivity contribution in [2.24, 2.45) is 5.73 Å². The maximum Gasteiger partial charge on any atom is 0.303 e. The van der Waals surface area contributed by atoms with Crippen LogP contribution in [0.5, 0.6) is 0 Å². The Bertz CT molecular complexity index is 586. The van der Waals surface area contributed by atoms with Crippen LogP contribution in [-0.2, 0) is 4.79 Å². The van der Waals surface area contributed by atoms with Crippen LogP contribution in [0.1, 0.15) is 24.6 Å². The summed E-state index contributed by atoms with van der Waals surface area (Å²) in [5.41, 5.74) is 7.37. The molecule has 4 nitrogen and oxygen atoms in total. The first-order valence-electron chi connectivity index (χ1n) is 5.60. The minimum Gasteiger partial charge on any atom is -0.481 e. The number of carbonyl (C=O) groups is 1. The van der Waals surface area contributed by atoms with Crippen LogP contribution in [0.25, 0.3) is 10.9 Å². The van der Waals surface area contributed by atoms with Crippen LogP contribution < -0.4 is 5.73 Å². The Morgan fingerprint density at radius 1 is 1.39 bits per heavy atom. The number of halogens is 1. The summed E-state index contributed by atoms with van der Waals surface area (Å²) < 4.78 is 0. The lowest BCUT2D eigenvalue weighted by atomic mass is 10.1. The second-order valence-corrected chi connectivity index (χ2v) is 4.55. The molecule has 0 fully saturated rings. The minimum atomic E-state index is -0.853. The van der Waals surface area contributed by atoms with E-state index < -0.39 is 5.97 Å². The Kier molecular flexibility index (Phi) is 3.79. The number of hydrogen-bond acceptors (Lipinski definition) is 3. The zero-order valence-corrected chi connectivity index (χ0v) is 10.4. The van der Waals surface area contributed by atoms with E-state index in [1.54, 1.807) is 12.1 Å². The molecule has 1 aromatic carbocycles. The van der Waals surface area contributed by atoms with Gasteiger partial charge in [0.2, 0.25) is 0 Å². The second-order valence-electron chi connectivity index (χ2n) is 4.11. The van der Waals surface area contributed by atoms with E-state index in [0.29, 0.717) is 17.1 Å². The lowest BCUT2D eigenvalue weighted by Gasteiger charge is -2.10. The molecule has 18 heavy (non-hydrogen) atoms. The quantitative estimate of drug-likeness (QED) is 0.890. The highest BCUT2D eigenvalue weighted by Gasteiger charge is 2.10. The average Bonchev–Trinajstić information content (AvgIpc) is 2.34. The highest BCUT2D eigenvalue weighted by atomic mass is 35.5. The fourth-order valence-electron chi connectivity index (χ4n) is 1.74. The zero-order chi connectivity index (χ0) is 13.1. The lowest BCUT2D eigenvalue weighted by Crippen LogP contribution is -2.13. The Labute approximate surface area is 109 Å². The molecule has 1 atom stereocenters. The predicted octanol–water partition coefficient (Wildman–Crippen LogP) is 2.75. The van der Waals surface area contributed by atoms with Gasteiger partial charge in [0.15, 0.2) is 0 Å². The largest absolute Gasteiger partial charge is 0.481 e. The summed E-state index contributed by atoms with van der Waals surface area (Å²) in [6, 6.07) is 8.82. The van der Waals surface area contributed by atoms with Crippen molar-refractivity contribution in [1.29, 1.82) is 0 Å². The number of benzene rings is 1. The third-order valence-corrected chi connectivity index (χ3v) is 2.96. The van der Waals surface area contributed by atoms with Gasteiger partial charge in [-0.3, -0.25) is 9.78 Å². The highest BCUT2D eigenvalue weighted by molar-refractivity contribution is 6.31. The van der Waals surface area contributed by atoms with Gasteiger partial charge >= 0.3 is 5.97 Å². The highest BCUT2D eigenvalue weighted by Crippen LogP contribution is 2.21. The van der Waals surface area contributed by atoms with Crippen molar-refractivity contribution in [2.75, 3.05) is 0 Å². The van der Waals surface area contributed by atoms with E-state index in [4.69, 9.17) is 22.4 Å². The van der Waals surface area contributed by atoms with Gasteiger partial charge in [-0.1, -0.05) is 23.7 Å². The van der Waals surface area contributed by atoms with E-state index >= 15 is 0 Å². The first-order chi connectivity index (χ1) is 8.56. The summed E-state index contributed by atoms with van der Waals surface area (Å²) in [4.78, 5) is 14.9. The molecule has 0 amide bonds. The molecule has 1 unspecified atom stereocenters. The molecule has 0 radical (unpaired) electrons. The Balaban J connectivity index is 2.25. The third kappa shape index (κ3) is 2.97. The van der Waals surface area contributed by atoms with Crippen molar-refractivity contribution in [1.82, 2.24) is 4.98 Å². The van der Waals surface area contributed by atoms with Crippen LogP contribution in [0, 0.1) is 0 Å². The van der Waals surface area contributed by atoms with Crippen molar-refractivity contribution >= 4 is 28.5 Å². The number of fused-ring (bicyclic) bond motifs is 1. The summed E-state index contributed by atoms with van der Waals surface area (Å²) in [5, 5.41) is 10.2. The van der Waals surface area contributed by atoms with Crippen LogP contribution in [-0.4, -0.2) is 16.1 Å². The molecule has 0 aliphatic rings. The number of hydrogen-bond donors (Lipinski definition) is 2. The van der Waals surface area contributed by atoms with Crippen molar-refractivity contribution in [3.8, 4) is 0 Å². The number of rotatable bonds is 4. The predicted molar refractivity (Wildman–Crippen MR) is 70.6 cm³/mol. The van der Waals surface area contributed by atoms with E-state index in [2.05, 4.69) is 4.98 Å².